The van der Waals surface area contributed by atoms with Crippen LogP contribution in [0.4, 0.5) is 0 Å². The summed E-state index contributed by atoms with van der Waals surface area (Å²) in [5.41, 5.74) is 0. The summed E-state index contributed by atoms with van der Waals surface area (Å²) in [6.45, 7) is 0. The van der Waals surface area contributed by atoms with Gasteiger partial charge in [0.15, 0.2) is 0 Å². The van der Waals surface area contributed by atoms with Gasteiger partial charge in [-0.25, -0.2) is 18.5 Å². The maximum atomic E-state index is 10.8. The molecular formula is C11H12N2O2S2. The van der Waals surface area contributed by atoms with E-state index >= 15 is 0 Å². The van der Waals surface area contributed by atoms with E-state index < -0.39 is 10.0 Å². The monoisotopic (exact) mass is 268 g/mol. The number of thioether (sulfide) groups is 1. The van der Waals surface area contributed by atoms with Crippen LogP contribution in [0.25, 0.3) is 10.8 Å². The lowest BCUT2D eigenvalue weighted by Crippen LogP contribution is -2.17. The average Bonchev–Trinajstić information content (AvgIpc) is 2.28. The minimum absolute atomic E-state index is 0.0391. The van der Waals surface area contributed by atoms with Gasteiger partial charge >= 0.3 is 0 Å². The first-order valence-electron chi connectivity index (χ1n) is 5.03. The molecule has 0 unspecified atom stereocenters. The molecule has 90 valence electrons. The van der Waals surface area contributed by atoms with Crippen LogP contribution < -0.4 is 5.14 Å². The van der Waals surface area contributed by atoms with Gasteiger partial charge in [0.2, 0.25) is 10.0 Å². The number of benzene rings is 1. The molecule has 1 aromatic heterocycles. The van der Waals surface area contributed by atoms with Crippen molar-refractivity contribution >= 4 is 32.6 Å². The van der Waals surface area contributed by atoms with Crippen LogP contribution in [0.5, 0.6) is 0 Å². The summed E-state index contributed by atoms with van der Waals surface area (Å²) in [6, 6.07) is 9.80. The Bertz CT molecular complexity index is 621. The molecule has 0 atom stereocenters. The number of fused-ring (bicyclic) bond motifs is 1. The standard InChI is InChI=1S/C11H12N2O2S2/c12-17(14,15)8-7-16-11-10-4-2-1-3-9(10)5-6-13-11/h1-6H,7-8H2,(H2,12,14,15). The summed E-state index contributed by atoms with van der Waals surface area (Å²) in [6.07, 6.45) is 1.72. The van der Waals surface area contributed by atoms with Crippen LogP contribution >= 0.6 is 11.8 Å². The largest absolute Gasteiger partial charge is 0.249 e. The molecule has 2 N–H and O–H groups in total. The predicted molar refractivity (Wildman–Crippen MR) is 70.4 cm³/mol. The minimum Gasteiger partial charge on any atom is -0.249 e. The Morgan fingerprint density at radius 3 is 2.76 bits per heavy atom. The highest BCUT2D eigenvalue weighted by Gasteiger charge is 2.06. The number of sulfonamides is 1. The van der Waals surface area contributed by atoms with Gasteiger partial charge in [0.25, 0.3) is 0 Å². The van der Waals surface area contributed by atoms with E-state index in [0.29, 0.717) is 5.75 Å². The highest BCUT2D eigenvalue weighted by Crippen LogP contribution is 2.25. The Labute approximate surface area is 104 Å². The molecular weight excluding hydrogens is 256 g/mol. The highest BCUT2D eigenvalue weighted by atomic mass is 32.2. The second kappa shape index (κ2) is 5.03. The summed E-state index contributed by atoms with van der Waals surface area (Å²) in [5, 5.41) is 7.92. The molecule has 0 bridgehead atoms. The fourth-order valence-corrected chi connectivity index (χ4v) is 3.39. The van der Waals surface area contributed by atoms with Crippen molar-refractivity contribution in [3.8, 4) is 0 Å². The zero-order valence-electron chi connectivity index (χ0n) is 9.04. The fraction of sp³-hybridized carbons (Fsp3) is 0.182. The lowest BCUT2D eigenvalue weighted by atomic mass is 10.2. The van der Waals surface area contributed by atoms with Crippen LogP contribution in [0, 0.1) is 0 Å². The van der Waals surface area contributed by atoms with Crippen molar-refractivity contribution < 1.29 is 8.42 Å². The Morgan fingerprint density at radius 2 is 2.00 bits per heavy atom. The third kappa shape index (κ3) is 3.42. The first-order valence-corrected chi connectivity index (χ1v) is 7.73. The number of primary sulfonamides is 1. The molecule has 0 radical (unpaired) electrons. The van der Waals surface area contributed by atoms with Gasteiger partial charge in [-0.3, -0.25) is 0 Å². The molecule has 2 rings (SSSR count). The van der Waals surface area contributed by atoms with Crippen LogP contribution in [0.15, 0.2) is 41.6 Å². The summed E-state index contributed by atoms with van der Waals surface area (Å²) in [5.74, 6) is 0.377. The molecule has 0 spiro atoms. The second-order valence-electron chi connectivity index (χ2n) is 3.55. The quantitative estimate of drug-likeness (QED) is 0.855. The van der Waals surface area contributed by atoms with Crippen LogP contribution in [-0.2, 0) is 10.0 Å². The van der Waals surface area contributed by atoms with Crippen LogP contribution in [0.3, 0.4) is 0 Å². The van der Waals surface area contributed by atoms with Gasteiger partial charge in [0.1, 0.15) is 5.03 Å². The van der Waals surface area contributed by atoms with E-state index in [0.717, 1.165) is 15.8 Å². The summed E-state index contributed by atoms with van der Waals surface area (Å²) in [4.78, 5) is 4.25. The zero-order valence-corrected chi connectivity index (χ0v) is 10.7. The van der Waals surface area contributed by atoms with Gasteiger partial charge in [-0.1, -0.05) is 24.3 Å². The molecule has 2 aromatic rings. The molecule has 0 aliphatic rings. The van der Waals surface area contributed by atoms with E-state index in [1.54, 1.807) is 6.20 Å². The van der Waals surface area contributed by atoms with Gasteiger partial charge in [0, 0.05) is 17.3 Å². The van der Waals surface area contributed by atoms with Gasteiger partial charge in [-0.15, -0.1) is 11.8 Å². The summed E-state index contributed by atoms with van der Waals surface area (Å²) >= 11 is 1.41. The molecule has 1 aromatic carbocycles. The van der Waals surface area contributed by atoms with E-state index in [1.807, 2.05) is 30.3 Å². The number of aromatic nitrogens is 1. The Hall–Kier alpha value is -1.11. The van der Waals surface area contributed by atoms with Crippen molar-refractivity contribution in [1.82, 2.24) is 4.98 Å². The summed E-state index contributed by atoms with van der Waals surface area (Å²) < 4.78 is 21.7. The van der Waals surface area contributed by atoms with Crippen LogP contribution in [0.1, 0.15) is 0 Å². The number of hydrogen-bond donors (Lipinski definition) is 1. The van der Waals surface area contributed by atoms with E-state index in [9.17, 15) is 8.42 Å². The van der Waals surface area contributed by atoms with Crippen molar-refractivity contribution in [1.29, 1.82) is 0 Å². The molecule has 6 heteroatoms. The minimum atomic E-state index is -3.40. The van der Waals surface area contributed by atoms with Crippen molar-refractivity contribution in [2.45, 2.75) is 5.03 Å². The molecule has 0 fully saturated rings. The smallest absolute Gasteiger partial charge is 0.209 e. The van der Waals surface area contributed by atoms with E-state index in [1.165, 1.54) is 11.8 Å². The normalized spacial score (nSPS) is 11.8. The molecule has 0 saturated heterocycles. The van der Waals surface area contributed by atoms with Gasteiger partial charge in [0.05, 0.1) is 5.75 Å². The van der Waals surface area contributed by atoms with Crippen LogP contribution in [-0.4, -0.2) is 24.9 Å². The fourth-order valence-electron chi connectivity index (χ4n) is 1.46. The summed E-state index contributed by atoms with van der Waals surface area (Å²) in [7, 11) is -3.40. The number of pyridine rings is 1. The molecule has 0 saturated carbocycles. The first kappa shape index (κ1) is 12.3. The van der Waals surface area contributed by atoms with E-state index in [2.05, 4.69) is 4.98 Å². The van der Waals surface area contributed by atoms with Gasteiger partial charge in [-0.2, -0.15) is 0 Å². The third-order valence-corrected chi connectivity index (χ3v) is 4.28. The molecule has 0 aliphatic heterocycles. The van der Waals surface area contributed by atoms with Crippen molar-refractivity contribution in [2.75, 3.05) is 11.5 Å². The van der Waals surface area contributed by atoms with Crippen molar-refractivity contribution in [3.63, 3.8) is 0 Å². The van der Waals surface area contributed by atoms with Gasteiger partial charge in [-0.05, 0) is 11.5 Å². The SMILES string of the molecule is NS(=O)(=O)CCSc1nccc2ccccc12. The van der Waals surface area contributed by atoms with E-state index in [-0.39, 0.29) is 5.75 Å². The number of nitrogens with zero attached hydrogens (tertiary/aromatic N) is 1. The Morgan fingerprint density at radius 1 is 1.24 bits per heavy atom. The maximum absolute atomic E-state index is 10.8. The topological polar surface area (TPSA) is 73.1 Å². The third-order valence-electron chi connectivity index (χ3n) is 2.24. The maximum Gasteiger partial charge on any atom is 0.209 e. The molecule has 0 amide bonds. The Balaban J connectivity index is 2.19. The van der Waals surface area contributed by atoms with E-state index in [4.69, 9.17) is 5.14 Å². The highest BCUT2D eigenvalue weighted by molar-refractivity contribution is 8.00. The first-order chi connectivity index (χ1) is 8.06. The van der Waals surface area contributed by atoms with Gasteiger partial charge < -0.3 is 0 Å². The number of nitrogens with two attached hydrogens (primary N) is 1. The molecule has 0 aliphatic carbocycles. The molecule has 1 heterocycles. The number of rotatable bonds is 4. The van der Waals surface area contributed by atoms with Crippen LogP contribution in [0.2, 0.25) is 0 Å². The lowest BCUT2D eigenvalue weighted by Gasteiger charge is -2.04. The predicted octanol–water partition coefficient (Wildman–Crippen LogP) is 1.62. The lowest BCUT2D eigenvalue weighted by molar-refractivity contribution is 0.599. The van der Waals surface area contributed by atoms with Crippen molar-refractivity contribution in [3.05, 3.63) is 36.5 Å². The molecule has 17 heavy (non-hydrogen) atoms. The zero-order chi connectivity index (χ0) is 12.3. The second-order valence-corrected chi connectivity index (χ2v) is 6.37. The Kier molecular flexibility index (Phi) is 3.66. The van der Waals surface area contributed by atoms with Crippen molar-refractivity contribution in [2.24, 2.45) is 5.14 Å². The number of hydrogen-bond acceptors (Lipinski definition) is 4. The average molecular weight is 268 g/mol. The molecule has 4 nitrogen and oxygen atoms in total.